The normalized spacial score (nSPS) is 12.6. The third-order valence-corrected chi connectivity index (χ3v) is 18.0. The molecule has 0 aromatic heterocycles. The van der Waals surface area contributed by atoms with Gasteiger partial charge in [-0.05, 0) is 57.8 Å². The number of carbonyl (C=O) groups is 2. The molecule has 83 heavy (non-hydrogen) atoms. The van der Waals surface area contributed by atoms with Crippen LogP contribution in [0.15, 0.2) is 24.3 Å². The molecule has 0 aliphatic carbocycles. The SMILES string of the molecule is CCCCCCCCC/C=C\CCCCCCCC(=O)OCCCCCCCCCCCCCCCCCCCCCCCCCCCCCCC(=O)NC(CO)C(O)/C=C/CCCCCCCCCCCCCCCCCCCCCC. The smallest absolute Gasteiger partial charge is 0.305 e. The second kappa shape index (κ2) is 72.8. The molecule has 0 radical (unpaired) electrons. The molecule has 0 aliphatic rings. The minimum Gasteiger partial charge on any atom is -0.466 e. The van der Waals surface area contributed by atoms with Crippen LogP contribution in [-0.4, -0.2) is 47.4 Å². The van der Waals surface area contributed by atoms with Crippen LogP contribution in [0.1, 0.15) is 431 Å². The summed E-state index contributed by atoms with van der Waals surface area (Å²) >= 11 is 0. The summed E-state index contributed by atoms with van der Waals surface area (Å²) in [5, 5.41) is 23.3. The van der Waals surface area contributed by atoms with E-state index in [4.69, 9.17) is 4.74 Å². The Labute approximate surface area is 520 Å². The third-order valence-electron chi connectivity index (χ3n) is 18.0. The van der Waals surface area contributed by atoms with E-state index in [1.54, 1.807) is 6.08 Å². The maximum atomic E-state index is 12.5. The van der Waals surface area contributed by atoms with Crippen LogP contribution >= 0.6 is 0 Å². The predicted molar refractivity (Wildman–Crippen MR) is 366 cm³/mol. The van der Waals surface area contributed by atoms with Gasteiger partial charge in [0.05, 0.1) is 25.4 Å². The quantitative estimate of drug-likeness (QED) is 0.0320. The molecule has 2 unspecified atom stereocenters. The molecule has 0 bridgehead atoms. The van der Waals surface area contributed by atoms with Crippen molar-refractivity contribution in [3.05, 3.63) is 24.3 Å². The van der Waals surface area contributed by atoms with E-state index in [1.807, 2.05) is 6.08 Å². The molecule has 492 valence electrons. The minimum absolute atomic E-state index is 0.0120. The number of hydrogen-bond donors (Lipinski definition) is 3. The fraction of sp³-hybridized carbons (Fsp3) is 0.922. The summed E-state index contributed by atoms with van der Waals surface area (Å²) in [7, 11) is 0. The molecule has 6 nitrogen and oxygen atoms in total. The van der Waals surface area contributed by atoms with Crippen LogP contribution < -0.4 is 5.32 Å². The Kier molecular flexibility index (Phi) is 71.4. The van der Waals surface area contributed by atoms with Gasteiger partial charge in [0, 0.05) is 12.8 Å². The maximum Gasteiger partial charge on any atom is 0.305 e. The highest BCUT2D eigenvalue weighted by molar-refractivity contribution is 5.76. The van der Waals surface area contributed by atoms with Gasteiger partial charge in [-0.15, -0.1) is 0 Å². The van der Waals surface area contributed by atoms with Crippen LogP contribution in [0.3, 0.4) is 0 Å². The zero-order valence-electron chi connectivity index (χ0n) is 56.5. The van der Waals surface area contributed by atoms with E-state index < -0.39 is 12.1 Å². The summed E-state index contributed by atoms with van der Waals surface area (Å²) < 4.78 is 5.50. The minimum atomic E-state index is -0.843. The first kappa shape index (κ1) is 81.3. The fourth-order valence-electron chi connectivity index (χ4n) is 12.2. The van der Waals surface area contributed by atoms with Crippen molar-refractivity contribution in [3.63, 3.8) is 0 Å². The van der Waals surface area contributed by atoms with E-state index in [0.29, 0.717) is 19.4 Å². The molecule has 6 heteroatoms. The van der Waals surface area contributed by atoms with Crippen molar-refractivity contribution in [1.29, 1.82) is 0 Å². The Morgan fingerprint density at radius 3 is 0.855 bits per heavy atom. The number of rotatable bonds is 72. The zero-order valence-corrected chi connectivity index (χ0v) is 56.5. The largest absolute Gasteiger partial charge is 0.466 e. The lowest BCUT2D eigenvalue weighted by Gasteiger charge is -2.20. The average molecular weight is 1170 g/mol. The van der Waals surface area contributed by atoms with Crippen LogP contribution in [0, 0.1) is 0 Å². The lowest BCUT2D eigenvalue weighted by molar-refractivity contribution is -0.143. The lowest BCUT2D eigenvalue weighted by atomic mass is 10.0. The Morgan fingerprint density at radius 1 is 0.325 bits per heavy atom. The first-order valence-electron chi connectivity index (χ1n) is 38.1. The molecule has 0 spiro atoms. The number of aliphatic hydroxyl groups excluding tert-OH is 2. The van der Waals surface area contributed by atoms with Crippen molar-refractivity contribution in [2.75, 3.05) is 13.2 Å². The Morgan fingerprint density at radius 2 is 0.566 bits per heavy atom. The molecule has 3 N–H and O–H groups in total. The molecule has 0 aromatic rings. The monoisotopic (exact) mass is 1170 g/mol. The van der Waals surface area contributed by atoms with Gasteiger partial charge in [0.2, 0.25) is 5.91 Å². The van der Waals surface area contributed by atoms with E-state index in [2.05, 4.69) is 31.3 Å². The van der Waals surface area contributed by atoms with Crippen LogP contribution in [0.25, 0.3) is 0 Å². The topological polar surface area (TPSA) is 95.9 Å². The van der Waals surface area contributed by atoms with E-state index in [1.165, 1.54) is 360 Å². The summed E-state index contributed by atoms with van der Waals surface area (Å²) in [6.07, 6.45) is 92.8. The van der Waals surface area contributed by atoms with Gasteiger partial charge in [-0.3, -0.25) is 9.59 Å². The van der Waals surface area contributed by atoms with Crippen LogP contribution in [-0.2, 0) is 14.3 Å². The van der Waals surface area contributed by atoms with Crippen molar-refractivity contribution in [2.24, 2.45) is 0 Å². The molecule has 1 amide bonds. The van der Waals surface area contributed by atoms with Crippen molar-refractivity contribution in [1.82, 2.24) is 5.32 Å². The van der Waals surface area contributed by atoms with Crippen molar-refractivity contribution < 1.29 is 24.5 Å². The van der Waals surface area contributed by atoms with Crippen LogP contribution in [0.2, 0.25) is 0 Å². The number of aliphatic hydroxyl groups is 2. The fourth-order valence-corrected chi connectivity index (χ4v) is 12.2. The van der Waals surface area contributed by atoms with Gasteiger partial charge in [-0.1, -0.05) is 385 Å². The number of carbonyl (C=O) groups excluding carboxylic acids is 2. The summed E-state index contributed by atoms with van der Waals surface area (Å²) in [4.78, 5) is 24.6. The second-order valence-electron chi connectivity index (χ2n) is 26.3. The van der Waals surface area contributed by atoms with E-state index >= 15 is 0 Å². The van der Waals surface area contributed by atoms with E-state index in [9.17, 15) is 19.8 Å². The third kappa shape index (κ3) is 69.3. The van der Waals surface area contributed by atoms with Gasteiger partial charge < -0.3 is 20.3 Å². The van der Waals surface area contributed by atoms with Crippen molar-refractivity contribution in [3.8, 4) is 0 Å². The zero-order chi connectivity index (χ0) is 59.9. The molecular weight excluding hydrogens is 1020 g/mol. The lowest BCUT2D eigenvalue weighted by Crippen LogP contribution is -2.45. The second-order valence-corrected chi connectivity index (χ2v) is 26.3. The number of hydrogen-bond acceptors (Lipinski definition) is 5. The summed E-state index contributed by atoms with van der Waals surface area (Å²) in [5.74, 6) is -0.0481. The molecule has 2 atom stereocenters. The van der Waals surface area contributed by atoms with E-state index in [0.717, 1.165) is 44.9 Å². The predicted octanol–water partition coefficient (Wildman–Crippen LogP) is 24.9. The first-order chi connectivity index (χ1) is 41.0. The molecule has 0 rings (SSSR count). The molecular formula is C77H149NO5. The van der Waals surface area contributed by atoms with Crippen LogP contribution in [0.5, 0.6) is 0 Å². The Balaban J connectivity index is 3.37. The van der Waals surface area contributed by atoms with Gasteiger partial charge in [0.25, 0.3) is 0 Å². The summed E-state index contributed by atoms with van der Waals surface area (Å²) in [6.45, 7) is 4.95. The number of nitrogens with one attached hydrogen (secondary N) is 1. The summed E-state index contributed by atoms with van der Waals surface area (Å²) in [6, 6.07) is -0.626. The number of esters is 1. The molecule has 0 saturated heterocycles. The molecule has 0 saturated carbocycles. The molecule has 0 aliphatic heterocycles. The maximum absolute atomic E-state index is 12.5. The number of ether oxygens (including phenoxy) is 1. The van der Waals surface area contributed by atoms with Gasteiger partial charge in [0.15, 0.2) is 0 Å². The molecule has 0 aromatic carbocycles. The highest BCUT2D eigenvalue weighted by Crippen LogP contribution is 2.20. The Bertz CT molecular complexity index is 1300. The van der Waals surface area contributed by atoms with Gasteiger partial charge in [-0.2, -0.15) is 0 Å². The number of allylic oxidation sites excluding steroid dienone is 3. The Hall–Kier alpha value is -1.66. The number of unbranched alkanes of at least 4 members (excludes halogenated alkanes) is 59. The highest BCUT2D eigenvalue weighted by atomic mass is 16.5. The van der Waals surface area contributed by atoms with Gasteiger partial charge in [0.1, 0.15) is 0 Å². The van der Waals surface area contributed by atoms with Crippen molar-refractivity contribution >= 4 is 11.9 Å². The standard InChI is InChI=1S/C77H149NO5/c1-3-5-7-9-11-13-15-17-19-21-22-23-32-35-38-41-45-49-53-57-61-65-69-75(80)74(73-79)78-76(81)70-66-62-58-54-50-46-42-39-36-33-30-28-26-24-25-27-29-31-34-37-40-44-48-52-56-60-64-68-72-83-77(82)71-67-63-59-55-51-47-43-20-18-16-14-12-10-8-6-4-2/h20,43,65,69,74-75,79-80H,3-19,21-42,44-64,66-68,70-73H2,1-2H3,(H,78,81)/b43-20-,69-65+. The molecule has 0 fully saturated rings. The number of amides is 1. The van der Waals surface area contributed by atoms with Crippen LogP contribution in [0.4, 0.5) is 0 Å². The summed E-state index contributed by atoms with van der Waals surface area (Å²) in [5.41, 5.74) is 0. The average Bonchev–Trinajstić information content (AvgIpc) is 3.49. The molecule has 0 heterocycles. The van der Waals surface area contributed by atoms with E-state index in [-0.39, 0.29) is 18.5 Å². The van der Waals surface area contributed by atoms with Gasteiger partial charge in [-0.25, -0.2) is 0 Å². The van der Waals surface area contributed by atoms with Crippen molar-refractivity contribution in [2.45, 2.75) is 443 Å². The first-order valence-corrected chi connectivity index (χ1v) is 38.1. The van der Waals surface area contributed by atoms with Gasteiger partial charge >= 0.3 is 5.97 Å². The highest BCUT2D eigenvalue weighted by Gasteiger charge is 2.18.